The van der Waals surface area contributed by atoms with Crippen molar-refractivity contribution in [3.05, 3.63) is 35.6 Å². The predicted molar refractivity (Wildman–Crippen MR) is 91.1 cm³/mol. The molecule has 1 aromatic carbocycles. The summed E-state index contributed by atoms with van der Waals surface area (Å²) in [6.07, 6.45) is 4.82. The molecule has 0 bridgehead atoms. The van der Waals surface area contributed by atoms with Crippen LogP contribution in [-0.2, 0) is 16.1 Å². The molecule has 2 saturated heterocycles. The van der Waals surface area contributed by atoms with Gasteiger partial charge in [0.25, 0.3) is 0 Å². The summed E-state index contributed by atoms with van der Waals surface area (Å²) in [5.74, 6) is 0.0888. The zero-order chi connectivity index (χ0) is 17.0. The second-order valence-corrected chi connectivity index (χ2v) is 7.02. The van der Waals surface area contributed by atoms with Crippen LogP contribution in [-0.4, -0.2) is 54.6 Å². The number of ether oxygens (including phenoxy) is 1. The number of hydrogen-bond acceptors (Lipinski definition) is 3. The Balaban J connectivity index is 1.63. The Hall–Kier alpha value is -1.46. The van der Waals surface area contributed by atoms with Crippen molar-refractivity contribution in [3.8, 4) is 0 Å². The number of carbonyl (C=O) groups excluding carboxylic acids is 1. The first-order chi connectivity index (χ1) is 11.6. The summed E-state index contributed by atoms with van der Waals surface area (Å²) in [7, 11) is 1.69. The summed E-state index contributed by atoms with van der Waals surface area (Å²) < 4.78 is 18.2. The van der Waals surface area contributed by atoms with E-state index in [2.05, 4.69) is 9.80 Å². The zero-order valence-electron chi connectivity index (χ0n) is 14.5. The number of likely N-dealkylation sites (tertiary alicyclic amines) is 2. The van der Waals surface area contributed by atoms with Gasteiger partial charge in [0, 0.05) is 38.7 Å². The third-order valence-electron chi connectivity index (χ3n) is 5.53. The highest BCUT2D eigenvalue weighted by atomic mass is 19.1. The van der Waals surface area contributed by atoms with Crippen LogP contribution in [0.4, 0.5) is 4.39 Å². The van der Waals surface area contributed by atoms with Crippen LogP contribution in [0.2, 0.25) is 0 Å². The molecule has 0 aliphatic carbocycles. The van der Waals surface area contributed by atoms with Crippen LogP contribution in [0.1, 0.15) is 37.7 Å². The highest BCUT2D eigenvalue weighted by Gasteiger charge is 2.45. The van der Waals surface area contributed by atoms with Crippen LogP contribution >= 0.6 is 0 Å². The quantitative estimate of drug-likeness (QED) is 0.830. The van der Waals surface area contributed by atoms with Crippen molar-refractivity contribution in [1.29, 1.82) is 0 Å². The second kappa shape index (κ2) is 7.62. The molecule has 1 spiro atoms. The van der Waals surface area contributed by atoms with Crippen molar-refractivity contribution in [3.63, 3.8) is 0 Å². The van der Waals surface area contributed by atoms with Gasteiger partial charge in [0.1, 0.15) is 5.82 Å². The van der Waals surface area contributed by atoms with Crippen molar-refractivity contribution in [2.24, 2.45) is 0 Å². The lowest BCUT2D eigenvalue weighted by Crippen LogP contribution is -2.47. The highest BCUT2D eigenvalue weighted by molar-refractivity contribution is 5.79. The smallest absolute Gasteiger partial charge is 0.223 e. The van der Waals surface area contributed by atoms with E-state index in [-0.39, 0.29) is 17.3 Å². The van der Waals surface area contributed by atoms with Gasteiger partial charge in [0.2, 0.25) is 5.91 Å². The molecule has 2 fully saturated rings. The van der Waals surface area contributed by atoms with Gasteiger partial charge in [-0.05, 0) is 49.9 Å². The van der Waals surface area contributed by atoms with Gasteiger partial charge in [-0.15, -0.1) is 0 Å². The molecule has 0 saturated carbocycles. The molecule has 3 rings (SSSR count). The van der Waals surface area contributed by atoms with E-state index in [4.69, 9.17) is 4.74 Å². The number of nitrogens with zero attached hydrogens (tertiary/aromatic N) is 2. The van der Waals surface area contributed by atoms with Gasteiger partial charge in [0.05, 0.1) is 6.61 Å². The Labute approximate surface area is 143 Å². The van der Waals surface area contributed by atoms with E-state index in [1.54, 1.807) is 7.11 Å². The van der Waals surface area contributed by atoms with E-state index in [1.807, 2.05) is 12.1 Å². The van der Waals surface area contributed by atoms with E-state index in [0.29, 0.717) is 19.6 Å². The number of hydrogen-bond donors (Lipinski definition) is 0. The second-order valence-electron chi connectivity index (χ2n) is 7.02. The van der Waals surface area contributed by atoms with Crippen molar-refractivity contribution >= 4 is 5.91 Å². The molecule has 4 nitrogen and oxygen atoms in total. The van der Waals surface area contributed by atoms with Gasteiger partial charge < -0.3 is 9.64 Å². The molecule has 132 valence electrons. The van der Waals surface area contributed by atoms with Gasteiger partial charge >= 0.3 is 0 Å². The fourth-order valence-corrected chi connectivity index (χ4v) is 4.18. The summed E-state index contributed by atoms with van der Waals surface area (Å²) in [6, 6.07) is 6.77. The van der Waals surface area contributed by atoms with Crippen LogP contribution in [0.25, 0.3) is 0 Å². The third-order valence-corrected chi connectivity index (χ3v) is 5.53. The SMILES string of the molecule is COCCN1C(=O)CC[C@]12CCCN(Cc1ccc(F)cc1)CC2. The lowest BCUT2D eigenvalue weighted by Gasteiger charge is -2.38. The standard InChI is InChI=1S/C19H27FN2O2/c1-24-14-13-22-18(23)7-9-19(22)8-2-11-21(12-10-19)15-16-3-5-17(20)6-4-16/h3-6H,2,7-15H2,1H3/t19-/m0/s1. The molecule has 0 aromatic heterocycles. The van der Waals surface area contributed by atoms with Gasteiger partial charge in [0.15, 0.2) is 0 Å². The number of carbonyl (C=O) groups is 1. The first kappa shape index (κ1) is 17.4. The Morgan fingerprint density at radius 3 is 2.71 bits per heavy atom. The van der Waals surface area contributed by atoms with Gasteiger partial charge in [-0.1, -0.05) is 12.1 Å². The molecule has 2 aliphatic rings. The molecule has 2 heterocycles. The van der Waals surface area contributed by atoms with E-state index >= 15 is 0 Å². The average molecular weight is 334 g/mol. The van der Waals surface area contributed by atoms with Gasteiger partial charge in [-0.3, -0.25) is 9.69 Å². The van der Waals surface area contributed by atoms with E-state index in [9.17, 15) is 9.18 Å². The lowest BCUT2D eigenvalue weighted by atomic mass is 9.88. The molecule has 0 unspecified atom stereocenters. The van der Waals surface area contributed by atoms with Gasteiger partial charge in [-0.25, -0.2) is 4.39 Å². The molecule has 1 amide bonds. The number of rotatable bonds is 5. The summed E-state index contributed by atoms with van der Waals surface area (Å²) in [5.41, 5.74) is 1.17. The number of benzene rings is 1. The van der Waals surface area contributed by atoms with Crippen LogP contribution in [0, 0.1) is 5.82 Å². The van der Waals surface area contributed by atoms with Gasteiger partial charge in [-0.2, -0.15) is 0 Å². The summed E-state index contributed by atoms with van der Waals surface area (Å²) >= 11 is 0. The third kappa shape index (κ3) is 3.78. The maximum Gasteiger partial charge on any atom is 0.223 e. The molecule has 0 radical (unpaired) electrons. The van der Waals surface area contributed by atoms with Crippen molar-refractivity contribution in [1.82, 2.24) is 9.80 Å². The van der Waals surface area contributed by atoms with Crippen LogP contribution < -0.4 is 0 Å². The van der Waals surface area contributed by atoms with Crippen LogP contribution in [0.5, 0.6) is 0 Å². The number of amides is 1. The molecule has 1 atom stereocenters. The van der Waals surface area contributed by atoms with E-state index in [0.717, 1.165) is 50.9 Å². The molecule has 0 N–H and O–H groups in total. The predicted octanol–water partition coefficient (Wildman–Crippen LogP) is 2.82. The highest BCUT2D eigenvalue weighted by Crippen LogP contribution is 2.39. The first-order valence-electron chi connectivity index (χ1n) is 8.89. The Kier molecular flexibility index (Phi) is 5.51. The normalized spacial score (nSPS) is 25.4. The molecular weight excluding hydrogens is 307 g/mol. The first-order valence-corrected chi connectivity index (χ1v) is 8.89. The minimum atomic E-state index is -0.188. The average Bonchev–Trinajstić information content (AvgIpc) is 2.75. The maximum atomic E-state index is 13.1. The molecule has 2 aliphatic heterocycles. The summed E-state index contributed by atoms with van der Waals surface area (Å²) in [6.45, 7) is 4.17. The Morgan fingerprint density at radius 1 is 1.17 bits per heavy atom. The molecular formula is C19H27FN2O2. The van der Waals surface area contributed by atoms with Crippen LogP contribution in [0.3, 0.4) is 0 Å². The van der Waals surface area contributed by atoms with Crippen molar-refractivity contribution < 1.29 is 13.9 Å². The monoisotopic (exact) mass is 334 g/mol. The molecule has 1 aromatic rings. The fourth-order valence-electron chi connectivity index (χ4n) is 4.18. The number of methoxy groups -OCH3 is 1. The van der Waals surface area contributed by atoms with E-state index < -0.39 is 0 Å². The van der Waals surface area contributed by atoms with Crippen molar-refractivity contribution in [2.45, 2.75) is 44.2 Å². The minimum Gasteiger partial charge on any atom is -0.383 e. The van der Waals surface area contributed by atoms with Crippen LogP contribution in [0.15, 0.2) is 24.3 Å². The summed E-state index contributed by atoms with van der Waals surface area (Å²) in [4.78, 5) is 16.8. The Bertz CT molecular complexity index is 563. The zero-order valence-corrected chi connectivity index (χ0v) is 14.5. The maximum absolute atomic E-state index is 13.1. The topological polar surface area (TPSA) is 32.8 Å². The largest absolute Gasteiger partial charge is 0.383 e. The van der Waals surface area contributed by atoms with E-state index in [1.165, 1.54) is 12.1 Å². The molecule has 24 heavy (non-hydrogen) atoms. The molecule has 5 heteroatoms. The van der Waals surface area contributed by atoms with Crippen molar-refractivity contribution in [2.75, 3.05) is 33.4 Å². The lowest BCUT2D eigenvalue weighted by molar-refractivity contribution is -0.132. The Morgan fingerprint density at radius 2 is 1.96 bits per heavy atom. The minimum absolute atomic E-state index is 0.0210. The summed E-state index contributed by atoms with van der Waals surface area (Å²) in [5, 5.41) is 0. The number of halogens is 1. The fraction of sp³-hybridized carbons (Fsp3) is 0.632.